The van der Waals surface area contributed by atoms with Gasteiger partial charge in [-0.3, -0.25) is 0 Å². The Morgan fingerprint density at radius 3 is 2.90 bits per heavy atom. The van der Waals surface area contributed by atoms with Gasteiger partial charge >= 0.3 is 6.03 Å². The van der Waals surface area contributed by atoms with Gasteiger partial charge in [0.05, 0.1) is 12.5 Å². The van der Waals surface area contributed by atoms with Gasteiger partial charge in [-0.1, -0.05) is 17.7 Å². The standard InChI is InChI=1S/C15H18ClN3O2/c16-12-3-1-4-13(11-12)18-15(20)19(8-2-7-17)14-5-9-21-10-6-14/h1,3-4,11,14H,2,5-6,8-10H2,(H,18,20). The number of carbonyl (C=O) groups is 1. The van der Waals surface area contributed by atoms with Crippen LogP contribution in [-0.2, 0) is 4.74 Å². The van der Waals surface area contributed by atoms with Crippen LogP contribution in [0.4, 0.5) is 10.5 Å². The van der Waals surface area contributed by atoms with E-state index in [0.717, 1.165) is 12.8 Å². The summed E-state index contributed by atoms with van der Waals surface area (Å²) in [5.74, 6) is 0. The summed E-state index contributed by atoms with van der Waals surface area (Å²) in [4.78, 5) is 14.2. The van der Waals surface area contributed by atoms with Crippen molar-refractivity contribution in [2.75, 3.05) is 25.1 Å². The Morgan fingerprint density at radius 1 is 1.48 bits per heavy atom. The van der Waals surface area contributed by atoms with Crippen molar-refractivity contribution in [3.8, 4) is 6.07 Å². The average molecular weight is 308 g/mol. The summed E-state index contributed by atoms with van der Waals surface area (Å²) in [6, 6.07) is 9.04. The summed E-state index contributed by atoms with van der Waals surface area (Å²) in [6.07, 6.45) is 1.92. The lowest BCUT2D eigenvalue weighted by Gasteiger charge is -2.33. The van der Waals surface area contributed by atoms with Gasteiger partial charge in [0, 0.05) is 36.5 Å². The Balaban J connectivity index is 2.04. The van der Waals surface area contributed by atoms with E-state index in [1.807, 2.05) is 0 Å². The van der Waals surface area contributed by atoms with Gasteiger partial charge in [0.25, 0.3) is 0 Å². The second-order valence-corrected chi connectivity index (χ2v) is 5.32. The quantitative estimate of drug-likeness (QED) is 0.928. The van der Waals surface area contributed by atoms with E-state index in [2.05, 4.69) is 11.4 Å². The average Bonchev–Trinajstić information content (AvgIpc) is 2.49. The molecule has 1 aromatic carbocycles. The van der Waals surface area contributed by atoms with Gasteiger partial charge in [0.2, 0.25) is 0 Å². The Bertz CT molecular complexity index is 524. The van der Waals surface area contributed by atoms with E-state index in [0.29, 0.717) is 36.9 Å². The highest BCUT2D eigenvalue weighted by Crippen LogP contribution is 2.19. The zero-order valence-corrected chi connectivity index (χ0v) is 12.5. The molecule has 1 fully saturated rings. The van der Waals surface area contributed by atoms with Crippen LogP contribution in [0.3, 0.4) is 0 Å². The van der Waals surface area contributed by atoms with E-state index in [1.54, 1.807) is 29.2 Å². The number of urea groups is 1. The van der Waals surface area contributed by atoms with E-state index < -0.39 is 0 Å². The lowest BCUT2D eigenvalue weighted by Crippen LogP contribution is -2.46. The molecule has 0 bridgehead atoms. The van der Waals surface area contributed by atoms with Crippen LogP contribution in [0.5, 0.6) is 0 Å². The second kappa shape index (κ2) is 7.87. The van der Waals surface area contributed by atoms with Crippen LogP contribution in [0.1, 0.15) is 19.3 Å². The molecule has 1 saturated heterocycles. The molecule has 1 heterocycles. The molecule has 6 heteroatoms. The van der Waals surface area contributed by atoms with E-state index in [4.69, 9.17) is 21.6 Å². The molecule has 2 amide bonds. The van der Waals surface area contributed by atoms with Crippen molar-refractivity contribution in [2.24, 2.45) is 0 Å². The third-order valence-electron chi connectivity index (χ3n) is 3.43. The first-order valence-electron chi connectivity index (χ1n) is 6.98. The van der Waals surface area contributed by atoms with Crippen molar-refractivity contribution in [1.29, 1.82) is 5.26 Å². The number of carbonyl (C=O) groups excluding carboxylic acids is 1. The third kappa shape index (κ3) is 4.62. The fraction of sp³-hybridized carbons (Fsp3) is 0.467. The van der Waals surface area contributed by atoms with Crippen LogP contribution >= 0.6 is 11.6 Å². The smallest absolute Gasteiger partial charge is 0.322 e. The summed E-state index contributed by atoms with van der Waals surface area (Å²) in [5.41, 5.74) is 0.654. The summed E-state index contributed by atoms with van der Waals surface area (Å²) in [5, 5.41) is 12.2. The zero-order valence-electron chi connectivity index (χ0n) is 11.7. The molecule has 0 spiro atoms. The normalized spacial score (nSPS) is 15.2. The van der Waals surface area contributed by atoms with E-state index in [1.165, 1.54) is 0 Å². The number of anilines is 1. The maximum absolute atomic E-state index is 12.5. The number of nitriles is 1. The lowest BCUT2D eigenvalue weighted by molar-refractivity contribution is 0.0486. The minimum atomic E-state index is -0.195. The summed E-state index contributed by atoms with van der Waals surface area (Å²) in [6.45, 7) is 1.73. The van der Waals surface area contributed by atoms with Crippen LogP contribution in [-0.4, -0.2) is 36.7 Å². The monoisotopic (exact) mass is 307 g/mol. The Morgan fingerprint density at radius 2 is 2.24 bits per heavy atom. The first-order chi connectivity index (χ1) is 10.2. The van der Waals surface area contributed by atoms with Crippen molar-refractivity contribution in [2.45, 2.75) is 25.3 Å². The molecule has 0 saturated carbocycles. The molecule has 0 atom stereocenters. The summed E-state index contributed by atoms with van der Waals surface area (Å²) in [7, 11) is 0. The van der Waals surface area contributed by atoms with Gasteiger partial charge < -0.3 is 15.0 Å². The van der Waals surface area contributed by atoms with Crippen LogP contribution < -0.4 is 5.32 Å². The van der Waals surface area contributed by atoms with Crippen molar-refractivity contribution in [3.63, 3.8) is 0 Å². The van der Waals surface area contributed by atoms with Crippen molar-refractivity contribution >= 4 is 23.3 Å². The molecular weight excluding hydrogens is 290 g/mol. The summed E-state index contributed by atoms with van der Waals surface area (Å²) >= 11 is 5.92. The van der Waals surface area contributed by atoms with Crippen LogP contribution in [0.25, 0.3) is 0 Å². The number of amides is 2. The molecular formula is C15H18ClN3O2. The molecule has 0 aliphatic carbocycles. The number of nitrogens with one attached hydrogen (secondary N) is 1. The van der Waals surface area contributed by atoms with Gasteiger partial charge in [-0.25, -0.2) is 4.79 Å². The number of nitrogens with zero attached hydrogens (tertiary/aromatic N) is 2. The largest absolute Gasteiger partial charge is 0.381 e. The van der Waals surface area contributed by atoms with Crippen molar-refractivity contribution < 1.29 is 9.53 Å². The number of halogens is 1. The maximum atomic E-state index is 12.5. The number of benzene rings is 1. The van der Waals surface area contributed by atoms with Crippen LogP contribution in [0, 0.1) is 11.3 Å². The molecule has 112 valence electrons. The molecule has 0 aromatic heterocycles. The number of rotatable bonds is 4. The van der Waals surface area contributed by atoms with Gasteiger partial charge in [-0.2, -0.15) is 5.26 Å². The Hall–Kier alpha value is -1.77. The molecule has 1 N–H and O–H groups in total. The highest BCUT2D eigenvalue weighted by molar-refractivity contribution is 6.30. The fourth-order valence-corrected chi connectivity index (χ4v) is 2.57. The first kappa shape index (κ1) is 15.6. The zero-order chi connectivity index (χ0) is 15.1. The number of hydrogen-bond donors (Lipinski definition) is 1. The van der Waals surface area contributed by atoms with Crippen molar-refractivity contribution in [1.82, 2.24) is 4.90 Å². The molecule has 0 unspecified atom stereocenters. The van der Waals surface area contributed by atoms with Gasteiger partial charge in [-0.15, -0.1) is 0 Å². The predicted molar refractivity (Wildman–Crippen MR) is 81.2 cm³/mol. The first-order valence-corrected chi connectivity index (χ1v) is 7.36. The van der Waals surface area contributed by atoms with Gasteiger partial charge in [0.1, 0.15) is 0 Å². The molecule has 1 aliphatic rings. The predicted octanol–water partition coefficient (Wildman–Crippen LogP) is 3.27. The minimum Gasteiger partial charge on any atom is -0.381 e. The highest BCUT2D eigenvalue weighted by atomic mass is 35.5. The van der Waals surface area contributed by atoms with E-state index in [-0.39, 0.29) is 12.1 Å². The van der Waals surface area contributed by atoms with Crippen LogP contribution in [0.2, 0.25) is 5.02 Å². The molecule has 0 radical (unpaired) electrons. The number of hydrogen-bond acceptors (Lipinski definition) is 3. The summed E-state index contributed by atoms with van der Waals surface area (Å²) < 4.78 is 5.33. The topological polar surface area (TPSA) is 65.4 Å². The molecule has 5 nitrogen and oxygen atoms in total. The van der Waals surface area contributed by atoms with Gasteiger partial charge in [0.15, 0.2) is 0 Å². The SMILES string of the molecule is N#CCCN(C(=O)Nc1cccc(Cl)c1)C1CCOCC1. The molecule has 1 aromatic rings. The minimum absolute atomic E-state index is 0.117. The maximum Gasteiger partial charge on any atom is 0.322 e. The molecule has 2 rings (SSSR count). The second-order valence-electron chi connectivity index (χ2n) is 4.89. The highest BCUT2D eigenvalue weighted by Gasteiger charge is 2.25. The van der Waals surface area contributed by atoms with E-state index in [9.17, 15) is 4.79 Å². The third-order valence-corrected chi connectivity index (χ3v) is 3.67. The molecule has 21 heavy (non-hydrogen) atoms. The fourth-order valence-electron chi connectivity index (χ4n) is 2.38. The Labute approximate surface area is 129 Å². The lowest BCUT2D eigenvalue weighted by atomic mass is 10.1. The van der Waals surface area contributed by atoms with Gasteiger partial charge in [-0.05, 0) is 31.0 Å². The number of ether oxygens (including phenoxy) is 1. The molecule has 1 aliphatic heterocycles. The van der Waals surface area contributed by atoms with Crippen LogP contribution in [0.15, 0.2) is 24.3 Å². The van der Waals surface area contributed by atoms with E-state index >= 15 is 0 Å². The van der Waals surface area contributed by atoms with Crippen molar-refractivity contribution in [3.05, 3.63) is 29.3 Å². The Kier molecular flexibility index (Phi) is 5.85.